The minimum Gasteiger partial charge on any atom is -0.444 e. The number of carbonyl (C=O) groups is 1. The number of hydrogen-bond donors (Lipinski definition) is 1. The summed E-state index contributed by atoms with van der Waals surface area (Å²) in [6.45, 7) is 7.22. The van der Waals surface area contributed by atoms with Crippen LogP contribution < -0.4 is 10.2 Å². The van der Waals surface area contributed by atoms with Crippen LogP contribution in [0.25, 0.3) is 0 Å². The predicted octanol–water partition coefficient (Wildman–Crippen LogP) is 3.16. The number of hydrogen-bond acceptors (Lipinski definition) is 3. The maximum Gasteiger partial charge on any atom is 0.407 e. The second-order valence-electron chi connectivity index (χ2n) is 5.73. The highest BCUT2D eigenvalue weighted by molar-refractivity contribution is 9.10. The zero-order chi connectivity index (χ0) is 14.0. The molecule has 0 aliphatic carbocycles. The van der Waals surface area contributed by atoms with Crippen LogP contribution in [0.3, 0.4) is 0 Å². The summed E-state index contributed by atoms with van der Waals surface area (Å²) in [6.07, 6.45) is -0.341. The molecule has 1 heterocycles. The highest BCUT2D eigenvalue weighted by atomic mass is 79.9. The van der Waals surface area contributed by atoms with Gasteiger partial charge in [0.05, 0.1) is 6.04 Å². The number of benzene rings is 1. The lowest BCUT2D eigenvalue weighted by atomic mass is 10.1. The number of anilines is 1. The highest BCUT2D eigenvalue weighted by Gasteiger charge is 2.29. The topological polar surface area (TPSA) is 41.6 Å². The molecule has 1 fully saturated rings. The molecule has 4 nitrogen and oxygen atoms in total. The Kier molecular flexibility index (Phi) is 4.04. The molecule has 0 aromatic heterocycles. The van der Waals surface area contributed by atoms with Crippen LogP contribution in [0, 0.1) is 0 Å². The molecule has 0 bridgehead atoms. The van der Waals surface area contributed by atoms with Gasteiger partial charge in [-0.15, -0.1) is 0 Å². The van der Waals surface area contributed by atoms with Gasteiger partial charge in [-0.2, -0.15) is 0 Å². The summed E-state index contributed by atoms with van der Waals surface area (Å²) in [5.41, 5.74) is 0.717. The number of rotatable bonds is 2. The van der Waals surface area contributed by atoms with Crippen LogP contribution in [0.5, 0.6) is 0 Å². The molecule has 1 aromatic rings. The molecular weight excluding hydrogens is 308 g/mol. The zero-order valence-corrected chi connectivity index (χ0v) is 13.0. The van der Waals surface area contributed by atoms with Crippen molar-refractivity contribution in [3.63, 3.8) is 0 Å². The van der Waals surface area contributed by atoms with Gasteiger partial charge < -0.3 is 15.0 Å². The molecular formula is C14H19BrN2O2. The van der Waals surface area contributed by atoms with Gasteiger partial charge >= 0.3 is 6.09 Å². The van der Waals surface area contributed by atoms with Crippen molar-refractivity contribution < 1.29 is 9.53 Å². The van der Waals surface area contributed by atoms with E-state index in [4.69, 9.17) is 4.74 Å². The van der Waals surface area contributed by atoms with E-state index in [0.29, 0.717) is 0 Å². The third-order valence-corrected chi connectivity index (χ3v) is 3.27. The van der Waals surface area contributed by atoms with E-state index in [-0.39, 0.29) is 12.1 Å². The second-order valence-corrected chi connectivity index (χ2v) is 6.64. The summed E-state index contributed by atoms with van der Waals surface area (Å²) in [5, 5.41) is 2.87. The molecule has 0 radical (unpaired) electrons. The van der Waals surface area contributed by atoms with Gasteiger partial charge in [0.15, 0.2) is 0 Å². The number of nitrogens with zero attached hydrogens (tertiary/aromatic N) is 1. The zero-order valence-electron chi connectivity index (χ0n) is 11.4. The van der Waals surface area contributed by atoms with E-state index in [9.17, 15) is 4.79 Å². The SMILES string of the molecule is CC(C)(C)OC(=O)NC1CN(c2cccc(Br)c2)C1. The van der Waals surface area contributed by atoms with Gasteiger partial charge in [-0.05, 0) is 39.0 Å². The molecule has 0 saturated carbocycles. The van der Waals surface area contributed by atoms with Gasteiger partial charge in [-0.3, -0.25) is 0 Å². The fourth-order valence-electron chi connectivity index (χ4n) is 1.93. The lowest BCUT2D eigenvalue weighted by molar-refractivity contribution is 0.0496. The van der Waals surface area contributed by atoms with Crippen molar-refractivity contribution in [2.45, 2.75) is 32.4 Å². The fraction of sp³-hybridized carbons (Fsp3) is 0.500. The van der Waals surface area contributed by atoms with Crippen LogP contribution in [-0.4, -0.2) is 30.8 Å². The Morgan fingerprint density at radius 3 is 2.68 bits per heavy atom. The first kappa shape index (κ1) is 14.2. The van der Waals surface area contributed by atoms with Crippen LogP contribution in [-0.2, 0) is 4.74 Å². The van der Waals surface area contributed by atoms with E-state index in [2.05, 4.69) is 38.3 Å². The molecule has 5 heteroatoms. The van der Waals surface area contributed by atoms with Crippen molar-refractivity contribution in [2.75, 3.05) is 18.0 Å². The molecule has 0 atom stereocenters. The second kappa shape index (κ2) is 5.41. The standard InChI is InChI=1S/C14H19BrN2O2/c1-14(2,3)19-13(18)16-11-8-17(9-11)12-6-4-5-10(15)7-12/h4-7,11H,8-9H2,1-3H3,(H,16,18). The van der Waals surface area contributed by atoms with Crippen molar-refractivity contribution in [1.82, 2.24) is 5.32 Å². The molecule has 1 aliphatic rings. The Hall–Kier alpha value is -1.23. The van der Waals surface area contributed by atoms with Crippen molar-refractivity contribution in [3.05, 3.63) is 28.7 Å². The van der Waals surface area contributed by atoms with E-state index in [1.807, 2.05) is 32.9 Å². The van der Waals surface area contributed by atoms with E-state index in [1.165, 1.54) is 0 Å². The third kappa shape index (κ3) is 4.13. The quantitative estimate of drug-likeness (QED) is 0.907. The smallest absolute Gasteiger partial charge is 0.407 e. The number of halogens is 1. The molecule has 1 saturated heterocycles. The third-order valence-electron chi connectivity index (χ3n) is 2.78. The Balaban J connectivity index is 1.79. The van der Waals surface area contributed by atoms with E-state index < -0.39 is 5.60 Å². The van der Waals surface area contributed by atoms with Gasteiger partial charge in [0, 0.05) is 23.2 Å². The fourth-order valence-corrected chi connectivity index (χ4v) is 2.31. The van der Waals surface area contributed by atoms with Crippen molar-refractivity contribution >= 4 is 27.7 Å². The summed E-state index contributed by atoms with van der Waals surface area (Å²) in [7, 11) is 0. The molecule has 2 rings (SSSR count). The molecule has 0 unspecified atom stereocenters. The minimum absolute atomic E-state index is 0.161. The van der Waals surface area contributed by atoms with E-state index in [0.717, 1.165) is 23.2 Å². The first-order chi connectivity index (χ1) is 8.83. The Labute approximate surface area is 122 Å². The Morgan fingerprint density at radius 1 is 1.42 bits per heavy atom. The van der Waals surface area contributed by atoms with Crippen molar-refractivity contribution in [3.8, 4) is 0 Å². The normalized spacial score (nSPS) is 15.9. The lowest BCUT2D eigenvalue weighted by Gasteiger charge is -2.41. The number of ether oxygens (including phenoxy) is 1. The molecule has 1 aliphatic heterocycles. The van der Waals surface area contributed by atoms with Crippen molar-refractivity contribution in [2.24, 2.45) is 0 Å². The number of amides is 1. The van der Waals surface area contributed by atoms with Crippen LogP contribution in [0.1, 0.15) is 20.8 Å². The van der Waals surface area contributed by atoms with Gasteiger partial charge in [0.1, 0.15) is 5.60 Å². The van der Waals surface area contributed by atoms with Gasteiger partial charge in [-0.25, -0.2) is 4.79 Å². The molecule has 1 amide bonds. The molecule has 104 valence electrons. The Morgan fingerprint density at radius 2 is 2.11 bits per heavy atom. The van der Waals surface area contributed by atoms with E-state index >= 15 is 0 Å². The van der Waals surface area contributed by atoms with Crippen LogP contribution >= 0.6 is 15.9 Å². The molecule has 1 aromatic carbocycles. The van der Waals surface area contributed by atoms with Gasteiger partial charge in [0.2, 0.25) is 0 Å². The minimum atomic E-state index is -0.447. The summed E-state index contributed by atoms with van der Waals surface area (Å²) < 4.78 is 6.29. The first-order valence-corrected chi connectivity index (χ1v) is 7.13. The van der Waals surface area contributed by atoms with Crippen LogP contribution in [0.15, 0.2) is 28.7 Å². The summed E-state index contributed by atoms with van der Waals surface area (Å²) in [5.74, 6) is 0. The summed E-state index contributed by atoms with van der Waals surface area (Å²) >= 11 is 3.46. The summed E-state index contributed by atoms with van der Waals surface area (Å²) in [4.78, 5) is 13.8. The Bertz CT molecular complexity index is 465. The average Bonchev–Trinajstić information content (AvgIpc) is 2.20. The monoisotopic (exact) mass is 326 g/mol. The lowest BCUT2D eigenvalue weighted by Crippen LogP contribution is -2.60. The predicted molar refractivity (Wildman–Crippen MR) is 79.5 cm³/mol. The van der Waals surface area contributed by atoms with Gasteiger partial charge in [0.25, 0.3) is 0 Å². The number of carbonyl (C=O) groups excluding carboxylic acids is 1. The number of nitrogens with one attached hydrogen (secondary N) is 1. The first-order valence-electron chi connectivity index (χ1n) is 6.33. The average molecular weight is 327 g/mol. The molecule has 19 heavy (non-hydrogen) atoms. The molecule has 0 spiro atoms. The van der Waals surface area contributed by atoms with Crippen LogP contribution in [0.4, 0.5) is 10.5 Å². The largest absolute Gasteiger partial charge is 0.444 e. The van der Waals surface area contributed by atoms with E-state index in [1.54, 1.807) is 0 Å². The molecule has 1 N–H and O–H groups in total. The maximum atomic E-state index is 11.6. The maximum absolute atomic E-state index is 11.6. The van der Waals surface area contributed by atoms with Gasteiger partial charge in [-0.1, -0.05) is 22.0 Å². The number of alkyl carbamates (subject to hydrolysis) is 1. The van der Waals surface area contributed by atoms with Crippen molar-refractivity contribution in [1.29, 1.82) is 0 Å². The highest BCUT2D eigenvalue weighted by Crippen LogP contribution is 2.24. The van der Waals surface area contributed by atoms with Crippen LogP contribution in [0.2, 0.25) is 0 Å². The summed E-state index contributed by atoms with van der Waals surface area (Å²) in [6, 6.07) is 8.31.